The molecule has 0 aromatic carbocycles. The molecule has 4 rings (SSSR count). The number of aldehydes is 1. The van der Waals surface area contributed by atoms with Crippen LogP contribution in [-0.2, 0) is 9.59 Å². The normalized spacial score (nSPS) is 51.1. The second kappa shape index (κ2) is 7.09. The molecule has 3 N–H and O–H groups in total. The van der Waals surface area contributed by atoms with Crippen LogP contribution >= 0.6 is 0 Å². The summed E-state index contributed by atoms with van der Waals surface area (Å²) in [6.45, 7) is 4.56. The monoisotopic (exact) mass is 392 g/mol. The highest BCUT2D eigenvalue weighted by atomic mass is 16.4. The zero-order valence-corrected chi connectivity index (χ0v) is 17.2. The third kappa shape index (κ3) is 2.87. The minimum Gasteiger partial charge on any atom is -0.481 e. The van der Waals surface area contributed by atoms with Gasteiger partial charge in [-0.25, -0.2) is 0 Å². The molecule has 28 heavy (non-hydrogen) atoms. The summed E-state index contributed by atoms with van der Waals surface area (Å²) in [5, 5.41) is 30.8. The van der Waals surface area contributed by atoms with E-state index < -0.39 is 17.7 Å². The van der Waals surface area contributed by atoms with Gasteiger partial charge in [-0.05, 0) is 85.9 Å². The number of hydrogen-bond acceptors (Lipinski definition) is 4. The molecular formula is C23H36O5. The van der Waals surface area contributed by atoms with Gasteiger partial charge in [0.15, 0.2) is 0 Å². The van der Waals surface area contributed by atoms with Gasteiger partial charge in [0, 0.05) is 18.8 Å². The van der Waals surface area contributed by atoms with Crippen LogP contribution in [0.3, 0.4) is 0 Å². The summed E-state index contributed by atoms with van der Waals surface area (Å²) in [5.74, 6) is 0.938. The third-order valence-corrected chi connectivity index (χ3v) is 9.63. The molecule has 158 valence electrons. The number of aliphatic hydroxyl groups excluding tert-OH is 1. The maximum atomic E-state index is 12.2. The Kier molecular flexibility index (Phi) is 5.15. The summed E-state index contributed by atoms with van der Waals surface area (Å²) in [6.07, 6.45) is 7.69. The molecule has 5 nitrogen and oxygen atoms in total. The Morgan fingerprint density at radius 3 is 2.57 bits per heavy atom. The van der Waals surface area contributed by atoms with Gasteiger partial charge in [-0.15, -0.1) is 0 Å². The van der Waals surface area contributed by atoms with Gasteiger partial charge in [-0.1, -0.05) is 13.8 Å². The standard InChI is InChI=1S/C23H36O5/c1-13(3-8-20(26)27)16-6-7-18-21-15(9-10-22(16,18)2)17-5-4-14(25)11-23(17,28)19(21)12-24/h12-19,21,25,28H,3-11H2,1-2H3,(H,26,27)/t13-,14+,15?,16-,17?,18?,19?,21?,22-,23+/m1/s1. The fourth-order valence-electron chi connectivity index (χ4n) is 8.50. The second-order valence-corrected chi connectivity index (χ2v) is 10.7. The van der Waals surface area contributed by atoms with E-state index in [-0.39, 0.29) is 29.6 Å². The molecule has 0 spiro atoms. The summed E-state index contributed by atoms with van der Waals surface area (Å²) in [5.41, 5.74) is -0.907. The van der Waals surface area contributed by atoms with Crippen molar-refractivity contribution in [1.29, 1.82) is 0 Å². The van der Waals surface area contributed by atoms with E-state index in [0.29, 0.717) is 36.5 Å². The number of fused-ring (bicyclic) bond motifs is 5. The highest BCUT2D eigenvalue weighted by Crippen LogP contribution is 2.69. The topological polar surface area (TPSA) is 94.8 Å². The van der Waals surface area contributed by atoms with E-state index in [1.807, 2.05) is 0 Å². The molecule has 0 aromatic heterocycles. The third-order valence-electron chi connectivity index (χ3n) is 9.63. The highest BCUT2D eigenvalue weighted by Gasteiger charge is 2.67. The first-order valence-corrected chi connectivity index (χ1v) is 11.3. The van der Waals surface area contributed by atoms with Crippen molar-refractivity contribution in [3.63, 3.8) is 0 Å². The largest absolute Gasteiger partial charge is 0.481 e. The molecule has 0 aromatic rings. The van der Waals surface area contributed by atoms with Crippen LogP contribution in [0.2, 0.25) is 0 Å². The Labute approximate surface area is 167 Å². The lowest BCUT2D eigenvalue weighted by Crippen LogP contribution is -2.48. The maximum Gasteiger partial charge on any atom is 0.303 e. The minimum absolute atomic E-state index is 0.128. The van der Waals surface area contributed by atoms with E-state index in [1.54, 1.807) is 0 Å². The SMILES string of the molecule is C[C@H](CCC(=O)O)[C@H]1CCC2C3C(CC[C@@]21C)C1CC[C@H](O)C[C@@]1(O)C3C=O. The molecule has 10 atom stereocenters. The molecule has 0 bridgehead atoms. The van der Waals surface area contributed by atoms with E-state index in [9.17, 15) is 19.8 Å². The average Bonchev–Trinajstić information content (AvgIpc) is 3.09. The highest BCUT2D eigenvalue weighted by molar-refractivity contribution is 5.66. The van der Waals surface area contributed by atoms with Crippen LogP contribution in [-0.4, -0.2) is 39.3 Å². The zero-order valence-electron chi connectivity index (χ0n) is 17.2. The van der Waals surface area contributed by atoms with Crippen LogP contribution in [0.25, 0.3) is 0 Å². The fourth-order valence-corrected chi connectivity index (χ4v) is 8.50. The predicted octanol–water partition coefficient (Wildman–Crippen LogP) is 3.27. The molecule has 4 aliphatic rings. The number of carbonyl (C=O) groups excluding carboxylic acids is 1. The second-order valence-electron chi connectivity index (χ2n) is 10.7. The van der Waals surface area contributed by atoms with Crippen LogP contribution in [0.1, 0.15) is 71.6 Å². The number of hydrogen-bond donors (Lipinski definition) is 3. The Bertz CT molecular complexity index is 634. The Morgan fingerprint density at radius 2 is 1.89 bits per heavy atom. The smallest absolute Gasteiger partial charge is 0.303 e. The molecule has 0 radical (unpaired) electrons. The molecule has 0 saturated heterocycles. The molecule has 0 aliphatic heterocycles. The van der Waals surface area contributed by atoms with Crippen molar-refractivity contribution in [2.24, 2.45) is 46.8 Å². The number of rotatable bonds is 5. The Morgan fingerprint density at radius 1 is 1.18 bits per heavy atom. The fraction of sp³-hybridized carbons (Fsp3) is 0.913. The predicted molar refractivity (Wildman–Crippen MR) is 104 cm³/mol. The van der Waals surface area contributed by atoms with E-state index in [1.165, 1.54) is 0 Å². The van der Waals surface area contributed by atoms with Crippen molar-refractivity contribution in [2.75, 3.05) is 0 Å². The van der Waals surface area contributed by atoms with Crippen LogP contribution in [0, 0.1) is 46.8 Å². The van der Waals surface area contributed by atoms with Gasteiger partial charge in [0.1, 0.15) is 6.29 Å². The minimum atomic E-state index is -1.03. The first-order valence-electron chi connectivity index (χ1n) is 11.3. The van der Waals surface area contributed by atoms with Crippen LogP contribution in [0.4, 0.5) is 0 Å². The van der Waals surface area contributed by atoms with Crippen LogP contribution in [0.5, 0.6) is 0 Å². The van der Waals surface area contributed by atoms with Gasteiger partial charge in [-0.3, -0.25) is 4.79 Å². The number of aliphatic carboxylic acids is 1. The number of aliphatic hydroxyl groups is 2. The summed E-state index contributed by atoms with van der Waals surface area (Å²) in [4.78, 5) is 23.2. The first kappa shape index (κ1) is 20.3. The van der Waals surface area contributed by atoms with Crippen LogP contribution < -0.4 is 0 Å². The number of carbonyl (C=O) groups is 2. The van der Waals surface area contributed by atoms with Gasteiger partial charge in [0.2, 0.25) is 0 Å². The van der Waals surface area contributed by atoms with Crippen molar-refractivity contribution >= 4 is 12.3 Å². The van der Waals surface area contributed by atoms with Crippen molar-refractivity contribution in [3.05, 3.63) is 0 Å². The molecule has 0 amide bonds. The van der Waals surface area contributed by atoms with Gasteiger partial charge >= 0.3 is 5.97 Å². The van der Waals surface area contributed by atoms with E-state index in [2.05, 4.69) is 13.8 Å². The van der Waals surface area contributed by atoms with Crippen molar-refractivity contribution < 1.29 is 24.9 Å². The summed E-state index contributed by atoms with van der Waals surface area (Å²) in [6, 6.07) is 0. The molecule has 4 fully saturated rings. The van der Waals surface area contributed by atoms with Gasteiger partial charge in [0.25, 0.3) is 0 Å². The van der Waals surface area contributed by atoms with E-state index in [0.717, 1.165) is 44.8 Å². The maximum absolute atomic E-state index is 12.2. The lowest BCUT2D eigenvalue weighted by molar-refractivity contribution is -0.138. The average molecular weight is 393 g/mol. The lowest BCUT2D eigenvalue weighted by Gasteiger charge is -2.49. The Hall–Kier alpha value is -0.940. The van der Waals surface area contributed by atoms with E-state index >= 15 is 0 Å². The van der Waals surface area contributed by atoms with Crippen molar-refractivity contribution in [1.82, 2.24) is 0 Å². The molecule has 4 aliphatic carbocycles. The van der Waals surface area contributed by atoms with Gasteiger partial charge in [0.05, 0.1) is 11.7 Å². The quantitative estimate of drug-likeness (QED) is 0.624. The first-order chi connectivity index (χ1) is 13.2. The molecule has 4 saturated carbocycles. The molecular weight excluding hydrogens is 356 g/mol. The number of carboxylic acids is 1. The van der Waals surface area contributed by atoms with Crippen LogP contribution in [0.15, 0.2) is 0 Å². The number of carboxylic acid groups (broad SMARTS) is 1. The summed E-state index contributed by atoms with van der Waals surface area (Å²) >= 11 is 0. The van der Waals surface area contributed by atoms with Gasteiger partial charge < -0.3 is 20.1 Å². The van der Waals surface area contributed by atoms with Crippen molar-refractivity contribution in [3.8, 4) is 0 Å². The molecule has 5 heteroatoms. The zero-order chi connectivity index (χ0) is 20.3. The molecule has 0 heterocycles. The van der Waals surface area contributed by atoms with Crippen molar-refractivity contribution in [2.45, 2.75) is 83.3 Å². The summed E-state index contributed by atoms with van der Waals surface area (Å²) < 4.78 is 0. The summed E-state index contributed by atoms with van der Waals surface area (Å²) in [7, 11) is 0. The van der Waals surface area contributed by atoms with E-state index in [4.69, 9.17) is 5.11 Å². The lowest BCUT2D eigenvalue weighted by atomic mass is 9.55. The molecule has 5 unspecified atom stereocenters. The Balaban J connectivity index is 1.60. The van der Waals surface area contributed by atoms with Gasteiger partial charge in [-0.2, -0.15) is 0 Å².